The van der Waals surface area contributed by atoms with Gasteiger partial charge in [-0.2, -0.15) is 0 Å². The first kappa shape index (κ1) is 22.7. The van der Waals surface area contributed by atoms with Gasteiger partial charge in [0.05, 0.1) is 26.4 Å². The Morgan fingerprint density at radius 3 is 2.87 bits per heavy atom. The van der Waals surface area contributed by atoms with Crippen LogP contribution in [0.3, 0.4) is 0 Å². The number of thioether (sulfide) groups is 1. The third kappa shape index (κ3) is 4.82. The first-order valence-corrected chi connectivity index (χ1v) is 10.3. The largest absolute Gasteiger partial charge is 0.455 e. The van der Waals surface area contributed by atoms with Gasteiger partial charge >= 0.3 is 5.97 Å². The number of nitrogens with two attached hydrogens (primary N) is 1. The summed E-state index contributed by atoms with van der Waals surface area (Å²) in [5, 5.41) is 20.5. The van der Waals surface area contributed by atoms with Crippen molar-refractivity contribution in [3.05, 3.63) is 6.33 Å². The van der Waals surface area contributed by atoms with Gasteiger partial charge in [0.15, 0.2) is 34.5 Å². The second kappa shape index (κ2) is 10.3. The number of ether oxygens (including phenoxy) is 4. The van der Waals surface area contributed by atoms with E-state index in [1.807, 2.05) is 0 Å². The summed E-state index contributed by atoms with van der Waals surface area (Å²) < 4.78 is 23.1. The maximum atomic E-state index is 11.6. The average molecular weight is 443 g/mol. The van der Waals surface area contributed by atoms with Crippen molar-refractivity contribution in [1.82, 2.24) is 19.5 Å². The number of aromatic nitrogens is 4. The van der Waals surface area contributed by atoms with Crippen molar-refractivity contribution < 1.29 is 34.0 Å². The highest BCUT2D eigenvalue weighted by atomic mass is 32.2. The summed E-state index contributed by atoms with van der Waals surface area (Å²) in [4.78, 5) is 24.3. The molecule has 3 heterocycles. The molecule has 1 saturated heterocycles. The van der Waals surface area contributed by atoms with Gasteiger partial charge in [0.25, 0.3) is 0 Å². The van der Waals surface area contributed by atoms with E-state index >= 15 is 0 Å². The maximum Gasteiger partial charge on any atom is 0.303 e. The fourth-order valence-electron chi connectivity index (χ4n) is 3.07. The molecular weight excluding hydrogens is 418 g/mol. The summed E-state index contributed by atoms with van der Waals surface area (Å²) in [5.74, 6) is 0.140. The summed E-state index contributed by atoms with van der Waals surface area (Å²) >= 11 is 1.36. The van der Waals surface area contributed by atoms with Crippen molar-refractivity contribution in [1.29, 1.82) is 0 Å². The van der Waals surface area contributed by atoms with Gasteiger partial charge in [-0.15, -0.1) is 0 Å². The van der Waals surface area contributed by atoms with E-state index in [1.54, 1.807) is 11.7 Å². The highest BCUT2D eigenvalue weighted by Gasteiger charge is 2.48. The van der Waals surface area contributed by atoms with Crippen LogP contribution in [0.5, 0.6) is 0 Å². The molecule has 166 valence electrons. The minimum Gasteiger partial charge on any atom is -0.455 e. The average Bonchev–Trinajstić information content (AvgIpc) is 3.23. The highest BCUT2D eigenvalue weighted by Crippen LogP contribution is 2.37. The van der Waals surface area contributed by atoms with Crippen LogP contribution in [-0.4, -0.2) is 93.3 Å². The molecule has 2 aromatic rings. The lowest BCUT2D eigenvalue weighted by molar-refractivity contribution is -0.156. The Bertz CT molecular complexity index is 866. The van der Waals surface area contributed by atoms with Crippen molar-refractivity contribution >= 4 is 34.7 Å². The molecule has 2 aromatic heterocycles. The number of nitrogens with zero attached hydrogens (tertiary/aromatic N) is 4. The zero-order chi connectivity index (χ0) is 21.7. The van der Waals surface area contributed by atoms with Crippen LogP contribution in [0.15, 0.2) is 11.5 Å². The Morgan fingerprint density at radius 1 is 1.37 bits per heavy atom. The lowest BCUT2D eigenvalue weighted by atomic mass is 10.1. The first-order valence-electron chi connectivity index (χ1n) is 9.27. The third-order valence-electron chi connectivity index (χ3n) is 4.41. The number of fused-ring (bicyclic) bond motifs is 1. The van der Waals surface area contributed by atoms with Gasteiger partial charge in [-0.25, -0.2) is 15.0 Å². The van der Waals surface area contributed by atoms with Gasteiger partial charge in [0.2, 0.25) is 0 Å². The van der Waals surface area contributed by atoms with Gasteiger partial charge in [-0.3, -0.25) is 9.36 Å². The predicted octanol–water partition coefficient (Wildman–Crippen LogP) is -0.654. The van der Waals surface area contributed by atoms with Crippen molar-refractivity contribution in [3.63, 3.8) is 0 Å². The molecule has 1 fully saturated rings. The number of rotatable bonds is 10. The molecule has 0 saturated carbocycles. The second-order valence-electron chi connectivity index (χ2n) is 6.46. The number of imidazole rings is 1. The van der Waals surface area contributed by atoms with Crippen LogP contribution in [0.25, 0.3) is 11.2 Å². The Balaban J connectivity index is 1.92. The molecule has 4 N–H and O–H groups in total. The summed E-state index contributed by atoms with van der Waals surface area (Å²) in [6.07, 6.45) is -2.90. The number of anilines is 1. The smallest absolute Gasteiger partial charge is 0.303 e. The monoisotopic (exact) mass is 443 g/mol. The fourth-order valence-corrected chi connectivity index (χ4v) is 3.94. The quantitative estimate of drug-likeness (QED) is 0.242. The van der Waals surface area contributed by atoms with Crippen LogP contribution < -0.4 is 5.73 Å². The van der Waals surface area contributed by atoms with E-state index in [0.717, 1.165) is 0 Å². The summed E-state index contributed by atoms with van der Waals surface area (Å²) in [7, 11) is 1.60. The minimum atomic E-state index is -1.23. The predicted molar refractivity (Wildman–Crippen MR) is 106 cm³/mol. The molecular formula is C17H25N5O7S. The van der Waals surface area contributed by atoms with Gasteiger partial charge in [-0.05, 0) is 0 Å². The summed E-state index contributed by atoms with van der Waals surface area (Å²) in [6, 6.07) is 0. The number of methoxy groups -OCH3 is 1. The van der Waals surface area contributed by atoms with E-state index in [4.69, 9.17) is 24.7 Å². The van der Waals surface area contributed by atoms with Crippen molar-refractivity contribution in [3.8, 4) is 0 Å². The van der Waals surface area contributed by atoms with E-state index < -0.39 is 37.1 Å². The number of nitrogen functional groups attached to an aromatic ring is 1. The molecule has 12 nitrogen and oxygen atoms in total. The number of esters is 1. The van der Waals surface area contributed by atoms with Gasteiger partial charge in [0, 0.05) is 19.8 Å². The molecule has 4 atom stereocenters. The molecule has 1 aliphatic rings. The fraction of sp³-hybridized carbons (Fsp3) is 0.647. The highest BCUT2D eigenvalue weighted by molar-refractivity contribution is 7.99. The first-order chi connectivity index (χ1) is 14.5. The minimum absolute atomic E-state index is 0.179. The molecule has 3 rings (SSSR count). The van der Waals surface area contributed by atoms with Crippen LogP contribution in [0.4, 0.5) is 5.82 Å². The van der Waals surface area contributed by atoms with Crippen molar-refractivity contribution in [2.24, 2.45) is 0 Å². The lowest BCUT2D eigenvalue weighted by Gasteiger charge is -2.22. The number of hydrogen-bond donors (Lipinski definition) is 3. The van der Waals surface area contributed by atoms with Gasteiger partial charge in [0.1, 0.15) is 18.5 Å². The SMILES string of the molecule is COCCOCCSc1nc2c(N)ncnc2n1[C@@H]1O[C@H](CO)[C@@H](O)[C@H]1OC(C)=O. The number of aliphatic hydroxyl groups is 2. The zero-order valence-electron chi connectivity index (χ0n) is 16.6. The molecule has 0 aromatic carbocycles. The van der Waals surface area contributed by atoms with E-state index in [-0.39, 0.29) is 5.82 Å². The van der Waals surface area contributed by atoms with E-state index in [0.29, 0.717) is 41.9 Å². The van der Waals surface area contributed by atoms with E-state index in [1.165, 1.54) is 25.0 Å². The second-order valence-corrected chi connectivity index (χ2v) is 7.52. The standard InChI is InChI=1S/C17H25N5O7S/c1-9(24)28-13-12(25)10(7-23)29-16(13)22-15-11(14(18)19-8-20-15)21-17(22)30-6-5-27-4-3-26-2/h8,10,12-13,16,23,25H,3-7H2,1-2H3,(H2,18,19,20)/t10-,12-,13-,16-/m1/s1. The number of carbonyl (C=O) groups is 1. The summed E-state index contributed by atoms with van der Waals surface area (Å²) in [6.45, 7) is 2.19. The number of aliphatic hydroxyl groups excluding tert-OH is 2. The number of hydrogen-bond acceptors (Lipinski definition) is 12. The molecule has 0 amide bonds. The lowest BCUT2D eigenvalue weighted by Crippen LogP contribution is -2.36. The molecule has 0 spiro atoms. The summed E-state index contributed by atoms with van der Waals surface area (Å²) in [5.41, 5.74) is 6.67. The van der Waals surface area contributed by atoms with Crippen LogP contribution in [0.1, 0.15) is 13.2 Å². The zero-order valence-corrected chi connectivity index (χ0v) is 17.4. The number of carbonyl (C=O) groups excluding carboxylic acids is 1. The third-order valence-corrected chi connectivity index (χ3v) is 5.33. The Morgan fingerprint density at radius 2 is 2.17 bits per heavy atom. The Labute approximate surface area is 176 Å². The molecule has 0 unspecified atom stereocenters. The molecule has 0 aliphatic carbocycles. The Kier molecular flexibility index (Phi) is 7.80. The molecule has 1 aliphatic heterocycles. The molecule has 30 heavy (non-hydrogen) atoms. The normalized spacial score (nSPS) is 23.9. The van der Waals surface area contributed by atoms with Crippen LogP contribution in [-0.2, 0) is 23.7 Å². The molecule has 0 radical (unpaired) electrons. The Hall–Kier alpha value is -2.03. The molecule has 0 bridgehead atoms. The van der Waals surface area contributed by atoms with Crippen LogP contribution >= 0.6 is 11.8 Å². The van der Waals surface area contributed by atoms with Crippen LogP contribution in [0, 0.1) is 0 Å². The van der Waals surface area contributed by atoms with Crippen molar-refractivity contribution in [2.45, 2.75) is 36.6 Å². The van der Waals surface area contributed by atoms with Crippen LogP contribution in [0.2, 0.25) is 0 Å². The maximum absolute atomic E-state index is 11.6. The van der Waals surface area contributed by atoms with E-state index in [9.17, 15) is 15.0 Å². The van der Waals surface area contributed by atoms with Gasteiger partial charge < -0.3 is 34.9 Å². The van der Waals surface area contributed by atoms with Crippen molar-refractivity contribution in [2.75, 3.05) is 45.0 Å². The molecule has 13 heteroatoms. The van der Waals surface area contributed by atoms with E-state index in [2.05, 4.69) is 15.0 Å². The van der Waals surface area contributed by atoms with Gasteiger partial charge in [-0.1, -0.05) is 11.8 Å². The topological polar surface area (TPSA) is 164 Å².